The highest BCUT2D eigenvalue weighted by Crippen LogP contribution is 1.97. The first-order valence-electron chi connectivity index (χ1n) is 3.35. The zero-order valence-corrected chi connectivity index (χ0v) is 5.83. The Kier molecular flexibility index (Phi) is 2.72. The van der Waals surface area contributed by atoms with E-state index in [1.807, 2.05) is 12.1 Å². The number of rotatable bonds is 2. The molecule has 2 nitrogen and oxygen atoms in total. The molecule has 0 aliphatic carbocycles. The highest BCUT2D eigenvalue weighted by molar-refractivity contribution is 5.04. The maximum absolute atomic E-state index is 8.17. The SMILES string of the molecule is N#CC=CCN1CC=CC1. The van der Waals surface area contributed by atoms with Gasteiger partial charge >= 0.3 is 0 Å². The minimum Gasteiger partial charge on any atom is -0.292 e. The van der Waals surface area contributed by atoms with Crippen molar-refractivity contribution in [3.8, 4) is 6.07 Å². The molecule has 52 valence electrons. The molecule has 0 saturated heterocycles. The molecule has 0 fully saturated rings. The number of hydrogen-bond acceptors (Lipinski definition) is 2. The fourth-order valence-corrected chi connectivity index (χ4v) is 0.925. The van der Waals surface area contributed by atoms with Gasteiger partial charge in [0.05, 0.1) is 6.07 Å². The van der Waals surface area contributed by atoms with Crippen LogP contribution in [-0.4, -0.2) is 24.5 Å². The van der Waals surface area contributed by atoms with Crippen LogP contribution < -0.4 is 0 Å². The van der Waals surface area contributed by atoms with Crippen LogP contribution in [0.5, 0.6) is 0 Å². The molecule has 0 aromatic carbocycles. The fourth-order valence-electron chi connectivity index (χ4n) is 0.925. The smallest absolute Gasteiger partial charge is 0.0909 e. The van der Waals surface area contributed by atoms with Crippen LogP contribution in [-0.2, 0) is 0 Å². The summed E-state index contributed by atoms with van der Waals surface area (Å²) in [6.45, 7) is 2.94. The molecule has 0 unspecified atom stereocenters. The van der Waals surface area contributed by atoms with Crippen molar-refractivity contribution in [1.29, 1.82) is 5.26 Å². The molecule has 0 spiro atoms. The van der Waals surface area contributed by atoms with Gasteiger partial charge in [-0.1, -0.05) is 18.2 Å². The maximum atomic E-state index is 8.17. The summed E-state index contributed by atoms with van der Waals surface area (Å²) in [5.74, 6) is 0. The van der Waals surface area contributed by atoms with Gasteiger partial charge in [-0.25, -0.2) is 0 Å². The van der Waals surface area contributed by atoms with Crippen LogP contribution in [0, 0.1) is 11.3 Å². The molecule has 10 heavy (non-hydrogen) atoms. The summed E-state index contributed by atoms with van der Waals surface area (Å²) >= 11 is 0. The quantitative estimate of drug-likeness (QED) is 0.415. The third-order valence-corrected chi connectivity index (χ3v) is 1.45. The molecule has 0 aromatic rings. The Bertz CT molecular complexity index is 178. The molecule has 0 aromatic heterocycles. The van der Waals surface area contributed by atoms with Gasteiger partial charge in [-0.05, 0) is 0 Å². The van der Waals surface area contributed by atoms with Crippen LogP contribution in [0.25, 0.3) is 0 Å². The minimum atomic E-state index is 0.889. The second-order valence-electron chi connectivity index (χ2n) is 2.22. The molecule has 0 N–H and O–H groups in total. The summed E-state index contributed by atoms with van der Waals surface area (Å²) in [7, 11) is 0. The first-order valence-corrected chi connectivity index (χ1v) is 3.35. The van der Waals surface area contributed by atoms with E-state index >= 15 is 0 Å². The summed E-state index contributed by atoms with van der Waals surface area (Å²) in [5.41, 5.74) is 0. The standard InChI is InChI=1S/C8H10N2/c9-5-1-2-6-10-7-3-4-8-10/h1-4H,6-8H2. The van der Waals surface area contributed by atoms with Crippen molar-refractivity contribution in [3.05, 3.63) is 24.3 Å². The van der Waals surface area contributed by atoms with Gasteiger partial charge in [-0.2, -0.15) is 5.26 Å². The zero-order valence-electron chi connectivity index (χ0n) is 5.83. The van der Waals surface area contributed by atoms with Crippen molar-refractivity contribution in [3.63, 3.8) is 0 Å². The van der Waals surface area contributed by atoms with Crippen molar-refractivity contribution in [1.82, 2.24) is 4.90 Å². The number of allylic oxidation sites excluding steroid dienone is 1. The number of hydrogen-bond donors (Lipinski definition) is 0. The Morgan fingerprint density at radius 3 is 2.80 bits per heavy atom. The van der Waals surface area contributed by atoms with E-state index in [1.54, 1.807) is 0 Å². The van der Waals surface area contributed by atoms with Crippen molar-refractivity contribution < 1.29 is 0 Å². The third-order valence-electron chi connectivity index (χ3n) is 1.45. The van der Waals surface area contributed by atoms with E-state index in [9.17, 15) is 0 Å². The molecule has 2 heteroatoms. The molecule has 0 radical (unpaired) electrons. The van der Waals surface area contributed by atoms with Crippen molar-refractivity contribution >= 4 is 0 Å². The lowest BCUT2D eigenvalue weighted by Crippen LogP contribution is -2.19. The molecule has 0 bridgehead atoms. The molecular weight excluding hydrogens is 124 g/mol. The monoisotopic (exact) mass is 134 g/mol. The van der Waals surface area contributed by atoms with Gasteiger partial charge in [-0.3, -0.25) is 4.90 Å². The lowest BCUT2D eigenvalue weighted by Gasteiger charge is -2.09. The van der Waals surface area contributed by atoms with Crippen molar-refractivity contribution in [2.45, 2.75) is 0 Å². The molecule has 1 aliphatic rings. The van der Waals surface area contributed by atoms with Crippen LogP contribution in [0.1, 0.15) is 0 Å². The Labute approximate surface area is 61.1 Å². The van der Waals surface area contributed by atoms with Crippen molar-refractivity contribution in [2.75, 3.05) is 19.6 Å². The van der Waals surface area contributed by atoms with E-state index in [0.717, 1.165) is 19.6 Å². The van der Waals surface area contributed by atoms with E-state index in [-0.39, 0.29) is 0 Å². The zero-order chi connectivity index (χ0) is 7.23. The van der Waals surface area contributed by atoms with E-state index in [1.165, 1.54) is 6.08 Å². The summed E-state index contributed by atoms with van der Waals surface area (Å²) in [6.07, 6.45) is 7.69. The summed E-state index contributed by atoms with van der Waals surface area (Å²) in [5, 5.41) is 8.17. The van der Waals surface area contributed by atoms with Gasteiger partial charge in [0.25, 0.3) is 0 Å². The summed E-state index contributed by atoms with van der Waals surface area (Å²) < 4.78 is 0. The Balaban J connectivity index is 2.16. The van der Waals surface area contributed by atoms with Crippen LogP contribution in [0.4, 0.5) is 0 Å². The second-order valence-corrected chi connectivity index (χ2v) is 2.22. The first kappa shape index (κ1) is 7.04. The van der Waals surface area contributed by atoms with Gasteiger partial charge in [-0.15, -0.1) is 0 Å². The molecule has 0 amide bonds. The van der Waals surface area contributed by atoms with Gasteiger partial charge in [0.2, 0.25) is 0 Å². The average molecular weight is 134 g/mol. The van der Waals surface area contributed by atoms with Gasteiger partial charge in [0.15, 0.2) is 0 Å². The minimum absolute atomic E-state index is 0.889. The van der Waals surface area contributed by atoms with Crippen LogP contribution >= 0.6 is 0 Å². The maximum Gasteiger partial charge on any atom is 0.0909 e. The average Bonchev–Trinajstić information content (AvgIpc) is 2.41. The van der Waals surface area contributed by atoms with Gasteiger partial charge < -0.3 is 0 Å². The predicted octanol–water partition coefficient (Wildman–Crippen LogP) is 0.938. The predicted molar refractivity (Wildman–Crippen MR) is 40.3 cm³/mol. The van der Waals surface area contributed by atoms with E-state index in [2.05, 4.69) is 17.1 Å². The molecule has 1 rings (SSSR count). The third kappa shape index (κ3) is 2.04. The largest absolute Gasteiger partial charge is 0.292 e. The molecule has 1 heterocycles. The molecule has 0 atom stereocenters. The van der Waals surface area contributed by atoms with Crippen LogP contribution in [0.15, 0.2) is 24.3 Å². The topological polar surface area (TPSA) is 27.0 Å². The molecule has 1 aliphatic heterocycles. The van der Waals surface area contributed by atoms with E-state index < -0.39 is 0 Å². The lowest BCUT2D eigenvalue weighted by atomic mass is 10.4. The van der Waals surface area contributed by atoms with Crippen LogP contribution in [0.3, 0.4) is 0 Å². The fraction of sp³-hybridized carbons (Fsp3) is 0.375. The number of nitriles is 1. The van der Waals surface area contributed by atoms with E-state index in [4.69, 9.17) is 5.26 Å². The van der Waals surface area contributed by atoms with E-state index in [0.29, 0.717) is 0 Å². The first-order chi connectivity index (χ1) is 4.93. The van der Waals surface area contributed by atoms with Gasteiger partial charge in [0.1, 0.15) is 0 Å². The summed E-state index contributed by atoms with van der Waals surface area (Å²) in [4.78, 5) is 2.24. The lowest BCUT2D eigenvalue weighted by molar-refractivity contribution is 0.393. The number of nitrogens with zero attached hydrogens (tertiary/aromatic N) is 2. The van der Waals surface area contributed by atoms with Gasteiger partial charge in [0, 0.05) is 25.7 Å². The highest BCUT2D eigenvalue weighted by Gasteiger charge is 2.01. The molecule has 0 saturated carbocycles. The molecular formula is C8H10N2. The Hall–Kier alpha value is -1.07. The second kappa shape index (κ2) is 3.86. The normalized spacial score (nSPS) is 18.3. The Morgan fingerprint density at radius 2 is 2.20 bits per heavy atom. The highest BCUT2D eigenvalue weighted by atomic mass is 15.1. The Morgan fingerprint density at radius 1 is 1.50 bits per heavy atom. The van der Waals surface area contributed by atoms with Crippen LogP contribution in [0.2, 0.25) is 0 Å². The van der Waals surface area contributed by atoms with Crippen molar-refractivity contribution in [2.24, 2.45) is 0 Å². The summed E-state index contributed by atoms with van der Waals surface area (Å²) in [6, 6.07) is 1.96.